The second-order valence-corrected chi connectivity index (χ2v) is 4.43. The third-order valence-corrected chi connectivity index (χ3v) is 3.23. The van der Waals surface area contributed by atoms with Crippen molar-refractivity contribution in [1.82, 2.24) is 15.1 Å². The fraction of sp³-hybridized carbons (Fsp3) is 0.800. The van der Waals surface area contributed by atoms with Crippen LogP contribution in [-0.4, -0.2) is 55.0 Å². The second kappa shape index (κ2) is 3.72. The highest BCUT2D eigenvalue weighted by atomic mass is 16.2. The highest BCUT2D eigenvalue weighted by Crippen LogP contribution is 2.27. The van der Waals surface area contributed by atoms with Crippen LogP contribution in [0.2, 0.25) is 0 Å². The summed E-state index contributed by atoms with van der Waals surface area (Å²) in [7, 11) is 3.49. The Morgan fingerprint density at radius 2 is 2.27 bits per heavy atom. The van der Waals surface area contributed by atoms with E-state index in [1.54, 1.807) is 19.0 Å². The number of nitrogens with one attached hydrogen (secondary N) is 1. The number of carbonyl (C=O) groups is 2. The average Bonchev–Trinajstić information content (AvgIpc) is 2.59. The zero-order valence-electron chi connectivity index (χ0n) is 9.19. The lowest BCUT2D eigenvalue weighted by Gasteiger charge is -2.37. The van der Waals surface area contributed by atoms with Crippen LogP contribution < -0.4 is 5.32 Å². The molecule has 3 amide bonds. The van der Waals surface area contributed by atoms with E-state index >= 15 is 0 Å². The molecule has 0 radical (unpaired) electrons. The smallest absolute Gasteiger partial charge is 0.319 e. The van der Waals surface area contributed by atoms with E-state index in [2.05, 4.69) is 5.32 Å². The van der Waals surface area contributed by atoms with E-state index in [0.717, 1.165) is 19.4 Å². The van der Waals surface area contributed by atoms with Crippen LogP contribution in [0.25, 0.3) is 0 Å². The maximum absolute atomic E-state index is 11.9. The number of rotatable bonds is 0. The number of hydrogen-bond donors (Lipinski definition) is 1. The molecule has 0 bridgehead atoms. The van der Waals surface area contributed by atoms with E-state index in [4.69, 9.17) is 0 Å². The highest BCUT2D eigenvalue weighted by Gasteiger charge is 2.42. The zero-order chi connectivity index (χ0) is 11.0. The number of likely N-dealkylation sites (tertiary alicyclic amines) is 1. The minimum Gasteiger partial charge on any atom is -0.354 e. The number of hydrogen-bond acceptors (Lipinski definition) is 2. The molecule has 2 aliphatic heterocycles. The van der Waals surface area contributed by atoms with Gasteiger partial charge in [0.15, 0.2) is 0 Å². The van der Waals surface area contributed by atoms with Gasteiger partial charge in [0.05, 0.1) is 12.0 Å². The Balaban J connectivity index is 2.13. The van der Waals surface area contributed by atoms with Crippen molar-refractivity contribution in [1.29, 1.82) is 0 Å². The molecule has 0 aromatic rings. The van der Waals surface area contributed by atoms with Gasteiger partial charge in [0.25, 0.3) is 0 Å². The van der Waals surface area contributed by atoms with Crippen molar-refractivity contribution < 1.29 is 9.59 Å². The Labute approximate surface area is 89.4 Å². The lowest BCUT2D eigenvalue weighted by molar-refractivity contribution is -0.123. The first-order chi connectivity index (χ1) is 7.11. The van der Waals surface area contributed by atoms with Crippen LogP contribution in [0.5, 0.6) is 0 Å². The fourth-order valence-corrected chi connectivity index (χ4v) is 2.45. The van der Waals surface area contributed by atoms with Gasteiger partial charge in [-0.15, -0.1) is 0 Å². The van der Waals surface area contributed by atoms with Crippen LogP contribution in [0.4, 0.5) is 4.79 Å². The van der Waals surface area contributed by atoms with Gasteiger partial charge in [0, 0.05) is 27.2 Å². The SMILES string of the molecule is CN(C)C(=O)N1CCCC2C(=O)NCC21. The maximum Gasteiger partial charge on any atom is 0.319 e. The number of piperidine rings is 1. The highest BCUT2D eigenvalue weighted by molar-refractivity contribution is 5.84. The number of carbonyl (C=O) groups excluding carboxylic acids is 2. The average molecular weight is 211 g/mol. The first-order valence-corrected chi connectivity index (χ1v) is 5.37. The summed E-state index contributed by atoms with van der Waals surface area (Å²) in [5, 5.41) is 2.83. The van der Waals surface area contributed by atoms with E-state index in [0.29, 0.717) is 6.54 Å². The largest absolute Gasteiger partial charge is 0.354 e. The number of fused-ring (bicyclic) bond motifs is 1. The van der Waals surface area contributed by atoms with Crippen LogP contribution in [0.15, 0.2) is 0 Å². The van der Waals surface area contributed by atoms with Gasteiger partial charge in [-0.2, -0.15) is 0 Å². The molecule has 0 aliphatic carbocycles. The van der Waals surface area contributed by atoms with E-state index < -0.39 is 0 Å². The Morgan fingerprint density at radius 3 is 2.93 bits per heavy atom. The quantitative estimate of drug-likeness (QED) is 0.607. The van der Waals surface area contributed by atoms with Gasteiger partial charge in [-0.3, -0.25) is 4.79 Å². The Bertz CT molecular complexity index is 290. The van der Waals surface area contributed by atoms with Gasteiger partial charge in [-0.1, -0.05) is 0 Å². The molecule has 2 saturated heterocycles. The van der Waals surface area contributed by atoms with Crippen LogP contribution in [-0.2, 0) is 4.79 Å². The van der Waals surface area contributed by atoms with Crippen LogP contribution in [0.1, 0.15) is 12.8 Å². The molecule has 2 rings (SSSR count). The minimum atomic E-state index is 0.0150. The number of urea groups is 1. The summed E-state index contributed by atoms with van der Waals surface area (Å²) in [5.74, 6) is 0.124. The molecule has 0 aromatic carbocycles. The molecule has 0 saturated carbocycles. The lowest BCUT2D eigenvalue weighted by atomic mass is 9.92. The van der Waals surface area contributed by atoms with Crippen molar-refractivity contribution in [3.8, 4) is 0 Å². The molecule has 2 atom stereocenters. The molecule has 1 N–H and O–H groups in total. The summed E-state index contributed by atoms with van der Waals surface area (Å²) in [5.41, 5.74) is 0. The van der Waals surface area contributed by atoms with Crippen molar-refractivity contribution in [2.24, 2.45) is 5.92 Å². The van der Waals surface area contributed by atoms with Gasteiger partial charge < -0.3 is 15.1 Å². The summed E-state index contributed by atoms with van der Waals surface area (Å²) in [6, 6.07) is 0.0855. The monoisotopic (exact) mass is 211 g/mol. The second-order valence-electron chi connectivity index (χ2n) is 4.43. The lowest BCUT2D eigenvalue weighted by Crippen LogP contribution is -2.52. The van der Waals surface area contributed by atoms with Gasteiger partial charge in [-0.05, 0) is 12.8 Å². The van der Waals surface area contributed by atoms with Gasteiger partial charge in [0.2, 0.25) is 5.91 Å². The van der Waals surface area contributed by atoms with Crippen molar-refractivity contribution in [3.63, 3.8) is 0 Å². The minimum absolute atomic E-state index is 0.0150. The first kappa shape index (κ1) is 10.3. The first-order valence-electron chi connectivity index (χ1n) is 5.37. The summed E-state index contributed by atoms with van der Waals surface area (Å²) in [6.07, 6.45) is 1.84. The molecule has 2 heterocycles. The zero-order valence-corrected chi connectivity index (χ0v) is 9.19. The van der Waals surface area contributed by atoms with Crippen molar-refractivity contribution in [2.75, 3.05) is 27.2 Å². The number of nitrogens with zero attached hydrogens (tertiary/aromatic N) is 2. The molecular weight excluding hydrogens is 194 g/mol. The van der Waals surface area contributed by atoms with Crippen LogP contribution >= 0.6 is 0 Å². The number of amides is 3. The van der Waals surface area contributed by atoms with E-state index in [9.17, 15) is 9.59 Å². The summed E-state index contributed by atoms with van der Waals surface area (Å²) < 4.78 is 0. The van der Waals surface area contributed by atoms with Crippen LogP contribution in [0.3, 0.4) is 0 Å². The molecule has 2 unspecified atom stereocenters. The molecule has 5 nitrogen and oxygen atoms in total. The normalized spacial score (nSPS) is 29.7. The summed E-state index contributed by atoms with van der Waals surface area (Å²) in [6.45, 7) is 1.39. The standard InChI is InChI=1S/C10H17N3O2/c1-12(2)10(15)13-5-3-4-7-8(13)6-11-9(7)14/h7-8H,3-6H2,1-2H3,(H,11,14). The van der Waals surface area contributed by atoms with E-state index in [1.807, 2.05) is 4.90 Å². The van der Waals surface area contributed by atoms with Crippen molar-refractivity contribution in [2.45, 2.75) is 18.9 Å². The van der Waals surface area contributed by atoms with Gasteiger partial charge in [-0.25, -0.2) is 4.79 Å². The molecule has 0 spiro atoms. The molecule has 0 aromatic heterocycles. The Kier molecular flexibility index (Phi) is 2.54. The molecule has 2 fully saturated rings. The third kappa shape index (κ3) is 1.66. The molecule has 84 valence electrons. The van der Waals surface area contributed by atoms with Crippen molar-refractivity contribution >= 4 is 11.9 Å². The summed E-state index contributed by atoms with van der Waals surface area (Å²) in [4.78, 5) is 26.7. The van der Waals surface area contributed by atoms with Crippen molar-refractivity contribution in [3.05, 3.63) is 0 Å². The van der Waals surface area contributed by atoms with Crippen LogP contribution in [0, 0.1) is 5.92 Å². The topological polar surface area (TPSA) is 52.7 Å². The molecular formula is C10H17N3O2. The van der Waals surface area contributed by atoms with Gasteiger partial charge >= 0.3 is 6.03 Å². The molecule has 5 heteroatoms. The predicted octanol–water partition coefficient (Wildman–Crippen LogP) is -0.122. The molecule has 15 heavy (non-hydrogen) atoms. The van der Waals surface area contributed by atoms with E-state index in [1.165, 1.54) is 0 Å². The van der Waals surface area contributed by atoms with Gasteiger partial charge in [0.1, 0.15) is 0 Å². The Morgan fingerprint density at radius 1 is 1.53 bits per heavy atom. The van der Waals surface area contributed by atoms with E-state index in [-0.39, 0.29) is 23.9 Å². The summed E-state index contributed by atoms with van der Waals surface area (Å²) >= 11 is 0. The predicted molar refractivity (Wildman–Crippen MR) is 55.3 cm³/mol. The maximum atomic E-state index is 11.9. The fourth-order valence-electron chi connectivity index (χ4n) is 2.45. The Hall–Kier alpha value is -1.26. The molecule has 2 aliphatic rings. The third-order valence-electron chi connectivity index (χ3n) is 3.23.